The largest absolute Gasteiger partial charge is 0.389 e. The molecule has 2 rings (SSSR count). The lowest BCUT2D eigenvalue weighted by atomic mass is 10.2. The van der Waals surface area contributed by atoms with Crippen molar-refractivity contribution in [3.63, 3.8) is 0 Å². The van der Waals surface area contributed by atoms with E-state index in [4.69, 9.17) is 4.74 Å². The van der Waals surface area contributed by atoms with Crippen LogP contribution in [0, 0.1) is 0 Å². The molecule has 2 heterocycles. The normalized spacial score (nSPS) is 17.7. The molecule has 0 aromatic carbocycles. The van der Waals surface area contributed by atoms with E-state index in [9.17, 15) is 9.90 Å². The van der Waals surface area contributed by atoms with Gasteiger partial charge in [-0.05, 0) is 13.3 Å². The van der Waals surface area contributed by atoms with Gasteiger partial charge >= 0.3 is 0 Å². The molecular formula is C15H25N3O3S. The topological polar surface area (TPSA) is 65.9 Å². The predicted molar refractivity (Wildman–Crippen MR) is 86.3 cm³/mol. The van der Waals surface area contributed by atoms with Crippen LogP contribution in [-0.4, -0.2) is 77.8 Å². The van der Waals surface area contributed by atoms with Crippen molar-refractivity contribution in [2.24, 2.45) is 0 Å². The number of aliphatic hydroxyl groups excluding tert-OH is 1. The van der Waals surface area contributed by atoms with Crippen molar-refractivity contribution in [1.29, 1.82) is 0 Å². The first kappa shape index (κ1) is 17.3. The average molecular weight is 327 g/mol. The van der Waals surface area contributed by atoms with E-state index in [1.165, 1.54) is 11.3 Å². The number of aryl methyl sites for hydroxylation is 1. The lowest BCUT2D eigenvalue weighted by Crippen LogP contribution is -2.50. The molecule has 22 heavy (non-hydrogen) atoms. The van der Waals surface area contributed by atoms with Gasteiger partial charge in [-0.1, -0.05) is 6.92 Å². The van der Waals surface area contributed by atoms with Gasteiger partial charge in [0.05, 0.1) is 23.9 Å². The van der Waals surface area contributed by atoms with E-state index in [2.05, 4.69) is 9.88 Å². The number of β-amino-alcohol motifs (C(OH)–C–C–N with tert-alkyl or cyclic N) is 1. The Balaban J connectivity index is 1.77. The number of rotatable bonds is 7. The van der Waals surface area contributed by atoms with Crippen molar-refractivity contribution in [2.45, 2.75) is 26.4 Å². The molecular weight excluding hydrogens is 302 g/mol. The number of thiazole rings is 1. The number of ether oxygens (including phenoxy) is 1. The maximum Gasteiger partial charge on any atom is 0.265 e. The molecule has 1 aromatic heterocycles. The first-order valence-electron chi connectivity index (χ1n) is 7.86. The summed E-state index contributed by atoms with van der Waals surface area (Å²) in [6.07, 6.45) is 2.09. The smallest absolute Gasteiger partial charge is 0.265 e. The number of carbonyl (C=O) groups is 1. The quantitative estimate of drug-likeness (QED) is 0.805. The van der Waals surface area contributed by atoms with Crippen molar-refractivity contribution in [2.75, 3.05) is 45.9 Å². The number of carbonyl (C=O) groups excluding carboxylic acids is 1. The molecule has 1 aliphatic rings. The lowest BCUT2D eigenvalue weighted by Gasteiger charge is -2.35. The van der Waals surface area contributed by atoms with E-state index < -0.39 is 6.10 Å². The van der Waals surface area contributed by atoms with Gasteiger partial charge in [0.2, 0.25) is 0 Å². The van der Waals surface area contributed by atoms with Crippen LogP contribution >= 0.6 is 11.3 Å². The molecule has 1 atom stereocenters. The standard InChI is InChI=1S/C15H25N3O3S/c1-3-14-16-9-13(22-14)15(20)18-7-5-17(6-8-18)10-12(19)11-21-4-2/h9,12,19H,3-8,10-11H2,1-2H3/t12-/m0/s1. The van der Waals surface area contributed by atoms with Gasteiger partial charge in [0.15, 0.2) is 0 Å². The van der Waals surface area contributed by atoms with Gasteiger partial charge in [0, 0.05) is 39.3 Å². The van der Waals surface area contributed by atoms with Gasteiger partial charge < -0.3 is 14.7 Å². The van der Waals surface area contributed by atoms with Crippen LogP contribution in [0.4, 0.5) is 0 Å². The third-order valence-corrected chi connectivity index (χ3v) is 4.84. The van der Waals surface area contributed by atoms with E-state index in [1.54, 1.807) is 6.20 Å². The molecule has 0 bridgehead atoms. The number of hydrogen-bond acceptors (Lipinski definition) is 6. The Morgan fingerprint density at radius 1 is 1.41 bits per heavy atom. The van der Waals surface area contributed by atoms with Gasteiger partial charge in [0.1, 0.15) is 4.88 Å². The molecule has 1 saturated heterocycles. The van der Waals surface area contributed by atoms with E-state index >= 15 is 0 Å². The minimum atomic E-state index is -0.462. The first-order valence-corrected chi connectivity index (χ1v) is 8.67. The Kier molecular flexibility index (Phi) is 6.75. The summed E-state index contributed by atoms with van der Waals surface area (Å²) < 4.78 is 5.22. The molecule has 6 nitrogen and oxygen atoms in total. The minimum Gasteiger partial charge on any atom is -0.389 e. The van der Waals surface area contributed by atoms with E-state index in [0.717, 1.165) is 29.4 Å². The van der Waals surface area contributed by atoms with Crippen LogP contribution in [0.2, 0.25) is 0 Å². The molecule has 0 unspecified atom stereocenters. The van der Waals surface area contributed by atoms with E-state index in [0.29, 0.717) is 32.8 Å². The second kappa shape index (κ2) is 8.57. The van der Waals surface area contributed by atoms with Crippen LogP contribution in [0.5, 0.6) is 0 Å². The third kappa shape index (κ3) is 4.74. The summed E-state index contributed by atoms with van der Waals surface area (Å²) in [6, 6.07) is 0. The van der Waals surface area contributed by atoms with Crippen LogP contribution in [0.1, 0.15) is 28.5 Å². The molecule has 7 heteroatoms. The third-order valence-electron chi connectivity index (χ3n) is 3.71. The molecule has 1 N–H and O–H groups in total. The molecule has 1 aromatic rings. The summed E-state index contributed by atoms with van der Waals surface area (Å²) in [5.41, 5.74) is 0. The molecule has 0 saturated carbocycles. The highest BCUT2D eigenvalue weighted by atomic mass is 32.1. The van der Waals surface area contributed by atoms with Crippen LogP contribution < -0.4 is 0 Å². The summed E-state index contributed by atoms with van der Waals surface area (Å²) in [5, 5.41) is 10.9. The highest BCUT2D eigenvalue weighted by molar-refractivity contribution is 7.13. The van der Waals surface area contributed by atoms with Crippen molar-refractivity contribution in [3.8, 4) is 0 Å². The lowest BCUT2D eigenvalue weighted by molar-refractivity contribution is 0.0112. The molecule has 1 amide bonds. The summed E-state index contributed by atoms with van der Waals surface area (Å²) in [5.74, 6) is 0.0757. The van der Waals surface area contributed by atoms with Gasteiger partial charge in [-0.15, -0.1) is 11.3 Å². The number of aromatic nitrogens is 1. The molecule has 0 spiro atoms. The Labute approximate surface area is 135 Å². The van der Waals surface area contributed by atoms with Crippen molar-refractivity contribution in [3.05, 3.63) is 16.1 Å². The van der Waals surface area contributed by atoms with Gasteiger partial charge in [-0.2, -0.15) is 0 Å². The average Bonchev–Trinajstić information content (AvgIpc) is 3.02. The van der Waals surface area contributed by atoms with E-state index in [-0.39, 0.29) is 5.91 Å². The number of aliphatic hydroxyl groups is 1. The number of piperazine rings is 1. The van der Waals surface area contributed by atoms with Gasteiger partial charge in [0.25, 0.3) is 5.91 Å². The fraction of sp³-hybridized carbons (Fsp3) is 0.733. The van der Waals surface area contributed by atoms with Crippen molar-refractivity contribution < 1.29 is 14.6 Å². The van der Waals surface area contributed by atoms with Crippen molar-refractivity contribution in [1.82, 2.24) is 14.8 Å². The second-order valence-electron chi connectivity index (χ2n) is 5.38. The SMILES string of the molecule is CCOC[C@@H](O)CN1CCN(C(=O)c2cnc(CC)s2)CC1. The molecule has 124 valence electrons. The molecule has 1 aliphatic heterocycles. The minimum absolute atomic E-state index is 0.0757. The summed E-state index contributed by atoms with van der Waals surface area (Å²) in [6.45, 7) is 8.51. The Morgan fingerprint density at radius 2 is 2.14 bits per heavy atom. The second-order valence-corrected chi connectivity index (χ2v) is 6.49. The Morgan fingerprint density at radius 3 is 2.73 bits per heavy atom. The monoisotopic (exact) mass is 327 g/mol. The maximum atomic E-state index is 12.4. The fourth-order valence-corrected chi connectivity index (χ4v) is 3.29. The number of hydrogen-bond donors (Lipinski definition) is 1. The summed E-state index contributed by atoms with van der Waals surface area (Å²) in [4.78, 5) is 21.4. The molecule has 0 radical (unpaired) electrons. The predicted octanol–water partition coefficient (Wildman–Crippen LogP) is 0.861. The summed E-state index contributed by atoms with van der Waals surface area (Å²) >= 11 is 1.48. The molecule has 0 aliphatic carbocycles. The maximum absolute atomic E-state index is 12.4. The van der Waals surface area contributed by atoms with Gasteiger partial charge in [-0.3, -0.25) is 9.69 Å². The highest BCUT2D eigenvalue weighted by Crippen LogP contribution is 2.17. The van der Waals surface area contributed by atoms with Crippen LogP contribution in [0.25, 0.3) is 0 Å². The van der Waals surface area contributed by atoms with Gasteiger partial charge in [-0.25, -0.2) is 4.98 Å². The molecule has 1 fully saturated rings. The fourth-order valence-electron chi connectivity index (χ4n) is 2.47. The summed E-state index contributed by atoms with van der Waals surface area (Å²) in [7, 11) is 0. The zero-order valence-corrected chi connectivity index (χ0v) is 14.1. The zero-order chi connectivity index (χ0) is 15.9. The zero-order valence-electron chi connectivity index (χ0n) is 13.3. The van der Waals surface area contributed by atoms with Crippen molar-refractivity contribution >= 4 is 17.2 Å². The van der Waals surface area contributed by atoms with Crippen LogP contribution in [0.15, 0.2) is 6.20 Å². The number of amides is 1. The highest BCUT2D eigenvalue weighted by Gasteiger charge is 2.24. The van der Waals surface area contributed by atoms with Crippen LogP contribution in [0.3, 0.4) is 0 Å². The van der Waals surface area contributed by atoms with E-state index in [1.807, 2.05) is 18.7 Å². The number of nitrogens with zero attached hydrogens (tertiary/aromatic N) is 3. The van der Waals surface area contributed by atoms with Crippen LogP contribution in [-0.2, 0) is 11.2 Å². The Bertz CT molecular complexity index is 472. The Hall–Kier alpha value is -1.02. The first-order chi connectivity index (χ1) is 10.6.